The highest BCUT2D eigenvalue weighted by molar-refractivity contribution is 9.10. The van der Waals surface area contributed by atoms with Gasteiger partial charge in [0.05, 0.1) is 4.88 Å². The standard InChI is InChI=1S/C9H9BrN2S2/c1-11-4-6-5-12-9(14-6)8-7(10)2-3-13-8/h2-3,5,11H,4H2,1H3. The van der Waals surface area contributed by atoms with Gasteiger partial charge in [-0.15, -0.1) is 22.7 Å². The fourth-order valence-electron chi connectivity index (χ4n) is 1.11. The van der Waals surface area contributed by atoms with E-state index < -0.39 is 0 Å². The van der Waals surface area contributed by atoms with Gasteiger partial charge < -0.3 is 5.32 Å². The fraction of sp³-hybridized carbons (Fsp3) is 0.222. The lowest BCUT2D eigenvalue weighted by molar-refractivity contribution is 0.829. The number of rotatable bonds is 3. The lowest BCUT2D eigenvalue weighted by Crippen LogP contribution is -2.02. The predicted octanol–water partition coefficient (Wildman–Crippen LogP) is 3.35. The van der Waals surface area contributed by atoms with Crippen LogP contribution in [0.1, 0.15) is 4.88 Å². The minimum Gasteiger partial charge on any atom is -0.315 e. The van der Waals surface area contributed by atoms with Crippen LogP contribution >= 0.6 is 38.6 Å². The van der Waals surface area contributed by atoms with Gasteiger partial charge in [0.25, 0.3) is 0 Å². The average Bonchev–Trinajstić information content (AvgIpc) is 2.74. The second-order valence-corrected chi connectivity index (χ2v) is 5.65. The van der Waals surface area contributed by atoms with Gasteiger partial charge in [-0.3, -0.25) is 0 Å². The van der Waals surface area contributed by atoms with Crippen LogP contribution in [0.25, 0.3) is 9.88 Å². The molecule has 0 spiro atoms. The molecule has 0 amide bonds. The van der Waals surface area contributed by atoms with E-state index in [1.807, 2.05) is 13.2 Å². The Balaban J connectivity index is 2.29. The third-order valence-corrected chi connectivity index (χ3v) is 4.70. The molecule has 2 heterocycles. The first-order valence-electron chi connectivity index (χ1n) is 4.14. The van der Waals surface area contributed by atoms with Crippen LogP contribution in [-0.4, -0.2) is 12.0 Å². The Morgan fingerprint density at radius 1 is 1.57 bits per heavy atom. The van der Waals surface area contributed by atoms with Crippen molar-refractivity contribution in [1.29, 1.82) is 0 Å². The summed E-state index contributed by atoms with van der Waals surface area (Å²) < 4.78 is 1.13. The topological polar surface area (TPSA) is 24.9 Å². The Hall–Kier alpha value is -0.230. The fourth-order valence-corrected chi connectivity index (χ4v) is 3.84. The molecule has 0 atom stereocenters. The summed E-state index contributed by atoms with van der Waals surface area (Å²) in [6.45, 7) is 0.890. The van der Waals surface area contributed by atoms with Gasteiger partial charge in [-0.2, -0.15) is 0 Å². The summed E-state index contributed by atoms with van der Waals surface area (Å²) in [4.78, 5) is 6.88. The normalized spacial score (nSPS) is 10.7. The molecule has 1 N–H and O–H groups in total. The quantitative estimate of drug-likeness (QED) is 0.937. The summed E-state index contributed by atoms with van der Waals surface area (Å²) in [7, 11) is 1.94. The molecule has 14 heavy (non-hydrogen) atoms. The van der Waals surface area contributed by atoms with Crippen molar-refractivity contribution in [1.82, 2.24) is 10.3 Å². The number of hydrogen-bond donors (Lipinski definition) is 1. The summed E-state index contributed by atoms with van der Waals surface area (Å²) in [6, 6.07) is 2.05. The number of aromatic nitrogens is 1. The molecule has 0 aliphatic heterocycles. The number of nitrogens with one attached hydrogen (secondary N) is 1. The number of nitrogens with zero attached hydrogens (tertiary/aromatic N) is 1. The van der Waals surface area contributed by atoms with E-state index in [0.29, 0.717) is 0 Å². The average molecular weight is 289 g/mol. The molecule has 0 radical (unpaired) electrons. The van der Waals surface area contributed by atoms with Gasteiger partial charge in [0, 0.05) is 22.1 Å². The largest absolute Gasteiger partial charge is 0.315 e. The van der Waals surface area contributed by atoms with Crippen LogP contribution in [0, 0.1) is 0 Å². The van der Waals surface area contributed by atoms with Gasteiger partial charge in [0.1, 0.15) is 5.01 Å². The molecule has 74 valence electrons. The maximum atomic E-state index is 4.40. The zero-order chi connectivity index (χ0) is 9.97. The van der Waals surface area contributed by atoms with Crippen molar-refractivity contribution in [3.8, 4) is 9.88 Å². The molecule has 0 bridgehead atoms. The van der Waals surface area contributed by atoms with E-state index in [1.54, 1.807) is 22.7 Å². The molecular formula is C9H9BrN2S2. The summed E-state index contributed by atoms with van der Waals surface area (Å²) in [5.41, 5.74) is 0. The number of halogens is 1. The minimum atomic E-state index is 0.890. The highest BCUT2D eigenvalue weighted by Crippen LogP contribution is 2.35. The molecule has 0 aliphatic rings. The summed E-state index contributed by atoms with van der Waals surface area (Å²) in [5, 5.41) is 6.28. The zero-order valence-corrected chi connectivity index (χ0v) is 10.8. The molecule has 0 saturated carbocycles. The monoisotopic (exact) mass is 288 g/mol. The Bertz CT molecular complexity index is 422. The van der Waals surface area contributed by atoms with Crippen LogP contribution in [0.4, 0.5) is 0 Å². The third-order valence-electron chi connectivity index (χ3n) is 1.72. The lowest BCUT2D eigenvalue weighted by Gasteiger charge is -1.91. The lowest BCUT2D eigenvalue weighted by atomic mass is 10.5. The van der Waals surface area contributed by atoms with Gasteiger partial charge in [-0.1, -0.05) is 0 Å². The van der Waals surface area contributed by atoms with Gasteiger partial charge in [-0.25, -0.2) is 4.98 Å². The van der Waals surface area contributed by atoms with E-state index in [1.165, 1.54) is 9.75 Å². The van der Waals surface area contributed by atoms with Gasteiger partial charge >= 0.3 is 0 Å². The molecule has 0 saturated heterocycles. The van der Waals surface area contributed by atoms with Crippen LogP contribution in [-0.2, 0) is 6.54 Å². The molecule has 0 aromatic carbocycles. The molecule has 2 rings (SSSR count). The second-order valence-electron chi connectivity index (χ2n) is 2.76. The molecular weight excluding hydrogens is 280 g/mol. The highest BCUT2D eigenvalue weighted by Gasteiger charge is 2.08. The van der Waals surface area contributed by atoms with Crippen LogP contribution in [0.2, 0.25) is 0 Å². The first kappa shape index (κ1) is 10.3. The highest BCUT2D eigenvalue weighted by atomic mass is 79.9. The molecule has 5 heteroatoms. The van der Waals surface area contributed by atoms with Crippen LogP contribution < -0.4 is 5.32 Å². The van der Waals surface area contributed by atoms with Crippen molar-refractivity contribution in [2.45, 2.75) is 6.54 Å². The first-order chi connectivity index (χ1) is 6.81. The van der Waals surface area contributed by atoms with E-state index >= 15 is 0 Å². The third kappa shape index (κ3) is 2.06. The Morgan fingerprint density at radius 3 is 3.07 bits per heavy atom. The predicted molar refractivity (Wildman–Crippen MR) is 65.9 cm³/mol. The first-order valence-corrected chi connectivity index (χ1v) is 6.63. The number of thiophene rings is 1. The van der Waals surface area contributed by atoms with E-state index in [4.69, 9.17) is 0 Å². The van der Waals surface area contributed by atoms with Crippen molar-refractivity contribution >= 4 is 38.6 Å². The number of thiazole rings is 1. The molecule has 2 aromatic heterocycles. The second kappa shape index (κ2) is 4.53. The van der Waals surface area contributed by atoms with Crippen molar-refractivity contribution < 1.29 is 0 Å². The minimum absolute atomic E-state index is 0.890. The Kier molecular flexibility index (Phi) is 3.33. The van der Waals surface area contributed by atoms with E-state index in [9.17, 15) is 0 Å². The smallest absolute Gasteiger partial charge is 0.134 e. The maximum Gasteiger partial charge on any atom is 0.134 e. The van der Waals surface area contributed by atoms with Crippen molar-refractivity contribution in [3.05, 3.63) is 27.0 Å². The zero-order valence-electron chi connectivity index (χ0n) is 7.58. The van der Waals surface area contributed by atoms with Gasteiger partial charge in [0.15, 0.2) is 0 Å². The molecule has 2 aromatic rings. The van der Waals surface area contributed by atoms with Crippen molar-refractivity contribution in [3.63, 3.8) is 0 Å². The summed E-state index contributed by atoms with van der Waals surface area (Å²) >= 11 is 6.96. The molecule has 0 aliphatic carbocycles. The van der Waals surface area contributed by atoms with E-state index in [2.05, 4.69) is 37.7 Å². The molecule has 0 fully saturated rings. The van der Waals surface area contributed by atoms with Gasteiger partial charge in [-0.05, 0) is 34.4 Å². The Labute approximate surface area is 99.1 Å². The van der Waals surface area contributed by atoms with E-state index in [0.717, 1.165) is 16.0 Å². The van der Waals surface area contributed by atoms with Crippen LogP contribution in [0.3, 0.4) is 0 Å². The van der Waals surface area contributed by atoms with E-state index in [-0.39, 0.29) is 0 Å². The summed E-state index contributed by atoms with van der Waals surface area (Å²) in [5.74, 6) is 0. The maximum absolute atomic E-state index is 4.40. The van der Waals surface area contributed by atoms with Gasteiger partial charge in [0.2, 0.25) is 0 Å². The van der Waals surface area contributed by atoms with Crippen LogP contribution in [0.15, 0.2) is 22.1 Å². The molecule has 2 nitrogen and oxygen atoms in total. The van der Waals surface area contributed by atoms with Crippen molar-refractivity contribution in [2.75, 3.05) is 7.05 Å². The van der Waals surface area contributed by atoms with Crippen LogP contribution in [0.5, 0.6) is 0 Å². The molecule has 0 unspecified atom stereocenters. The Morgan fingerprint density at radius 2 is 2.43 bits per heavy atom. The summed E-state index contributed by atoms with van der Waals surface area (Å²) in [6.07, 6.45) is 1.93. The van der Waals surface area contributed by atoms with Crippen molar-refractivity contribution in [2.24, 2.45) is 0 Å². The SMILES string of the molecule is CNCc1cnc(-c2sccc2Br)s1. The number of hydrogen-bond acceptors (Lipinski definition) is 4.